The van der Waals surface area contributed by atoms with E-state index in [2.05, 4.69) is 38.4 Å². The van der Waals surface area contributed by atoms with Gasteiger partial charge in [-0.2, -0.15) is 4.98 Å². The second-order valence-electron chi connectivity index (χ2n) is 7.90. The molecular weight excluding hydrogens is 370 g/mol. The average molecular weight is 399 g/mol. The van der Waals surface area contributed by atoms with Crippen molar-refractivity contribution in [3.63, 3.8) is 0 Å². The molecule has 2 N–H and O–H groups in total. The smallest absolute Gasteiger partial charge is 0.355 e. The van der Waals surface area contributed by atoms with Crippen molar-refractivity contribution < 1.29 is 4.74 Å². The number of H-pyrrole nitrogens is 1. The molecule has 0 aliphatic carbocycles. The lowest BCUT2D eigenvalue weighted by atomic mass is 10.1. The fraction of sp³-hybridized carbons (Fsp3) is 0.571. The molecule has 156 valence electrons. The normalized spacial score (nSPS) is 19.1. The van der Waals surface area contributed by atoms with Gasteiger partial charge in [0.15, 0.2) is 0 Å². The van der Waals surface area contributed by atoms with Crippen LogP contribution in [0.2, 0.25) is 0 Å². The first-order chi connectivity index (χ1) is 14.1. The molecule has 2 aliphatic rings. The van der Waals surface area contributed by atoms with Crippen molar-refractivity contribution in [2.75, 3.05) is 36.5 Å². The third-order valence-corrected chi connectivity index (χ3v) is 5.86. The van der Waals surface area contributed by atoms with Crippen molar-refractivity contribution in [2.45, 2.75) is 51.1 Å². The maximum Gasteiger partial charge on any atom is 0.355 e. The van der Waals surface area contributed by atoms with Crippen LogP contribution in [-0.4, -0.2) is 40.8 Å². The van der Waals surface area contributed by atoms with E-state index >= 15 is 0 Å². The molecule has 29 heavy (non-hydrogen) atoms. The number of hydrogen-bond donors (Lipinski definition) is 2. The maximum atomic E-state index is 12.5. The summed E-state index contributed by atoms with van der Waals surface area (Å²) in [5, 5.41) is 3.18. The van der Waals surface area contributed by atoms with Crippen LogP contribution >= 0.6 is 0 Å². The van der Waals surface area contributed by atoms with Crippen LogP contribution in [0.25, 0.3) is 0 Å². The van der Waals surface area contributed by atoms with Gasteiger partial charge in [-0.1, -0.05) is 12.1 Å². The topological polar surface area (TPSA) is 92.2 Å². The minimum Gasteiger partial charge on any atom is -0.381 e. The fourth-order valence-corrected chi connectivity index (χ4v) is 4.19. The van der Waals surface area contributed by atoms with Crippen molar-refractivity contribution in [1.29, 1.82) is 0 Å². The molecule has 0 bridgehead atoms. The highest BCUT2D eigenvalue weighted by Gasteiger charge is 2.21. The van der Waals surface area contributed by atoms with E-state index in [0.29, 0.717) is 26.1 Å². The van der Waals surface area contributed by atoms with Gasteiger partial charge in [0, 0.05) is 38.0 Å². The van der Waals surface area contributed by atoms with Crippen LogP contribution in [0.4, 0.5) is 11.6 Å². The first-order valence-corrected chi connectivity index (χ1v) is 10.5. The molecule has 0 amide bonds. The van der Waals surface area contributed by atoms with Crippen LogP contribution in [0.5, 0.6) is 0 Å². The van der Waals surface area contributed by atoms with Gasteiger partial charge in [-0.25, -0.2) is 14.2 Å². The summed E-state index contributed by atoms with van der Waals surface area (Å²) < 4.78 is 6.53. The third kappa shape index (κ3) is 4.53. The van der Waals surface area contributed by atoms with Crippen molar-refractivity contribution in [1.82, 2.24) is 14.5 Å². The summed E-state index contributed by atoms with van der Waals surface area (Å²) in [4.78, 5) is 34.2. The standard InChI is InChI=1S/C21H29N5O3/c1-15(16-6-5-7-18(14-16)25-10-3-2-4-11-25)22-19-23-20(27)26(21(28)24-19)17-8-12-29-13-9-17/h5-7,14-15,17H,2-4,8-13H2,1H3,(H2,22,23,24,27,28)/t15-/m0/s1. The Hall–Kier alpha value is -2.61. The second-order valence-corrected chi connectivity index (χ2v) is 7.90. The highest BCUT2D eigenvalue weighted by Crippen LogP contribution is 2.25. The number of anilines is 2. The monoisotopic (exact) mass is 399 g/mol. The molecule has 2 fully saturated rings. The van der Waals surface area contributed by atoms with Gasteiger partial charge < -0.3 is 15.0 Å². The summed E-state index contributed by atoms with van der Waals surface area (Å²) >= 11 is 0. The molecule has 2 aromatic rings. The SMILES string of the molecule is C[C@H](Nc1nc(=O)n(C2CCOCC2)c(=O)[nH]1)c1cccc(N2CCCCC2)c1. The van der Waals surface area contributed by atoms with Crippen molar-refractivity contribution in [2.24, 2.45) is 0 Å². The van der Waals surface area contributed by atoms with Crippen molar-refractivity contribution in [3.8, 4) is 0 Å². The molecule has 0 saturated carbocycles. The number of aromatic amines is 1. The van der Waals surface area contributed by atoms with E-state index in [4.69, 9.17) is 4.74 Å². The Labute approximate surface area is 169 Å². The molecular formula is C21H29N5O3. The number of nitrogens with zero attached hydrogens (tertiary/aromatic N) is 3. The number of nitrogens with one attached hydrogen (secondary N) is 2. The van der Waals surface area contributed by atoms with Crippen LogP contribution in [-0.2, 0) is 4.74 Å². The highest BCUT2D eigenvalue weighted by molar-refractivity contribution is 5.50. The number of hydrogen-bond acceptors (Lipinski definition) is 6. The molecule has 2 aliphatic heterocycles. The Balaban J connectivity index is 1.50. The van der Waals surface area contributed by atoms with E-state index in [1.807, 2.05) is 13.0 Å². The molecule has 8 nitrogen and oxygen atoms in total. The molecule has 1 atom stereocenters. The van der Waals surface area contributed by atoms with Crippen LogP contribution in [0, 0.1) is 0 Å². The zero-order chi connectivity index (χ0) is 20.2. The Morgan fingerprint density at radius 3 is 2.66 bits per heavy atom. The minimum atomic E-state index is -0.516. The summed E-state index contributed by atoms with van der Waals surface area (Å²) in [7, 11) is 0. The van der Waals surface area contributed by atoms with Gasteiger partial charge in [-0.3, -0.25) is 4.98 Å². The van der Waals surface area contributed by atoms with E-state index in [0.717, 1.165) is 18.7 Å². The minimum absolute atomic E-state index is 0.0961. The van der Waals surface area contributed by atoms with Crippen molar-refractivity contribution >= 4 is 11.6 Å². The predicted octanol–water partition coefficient (Wildman–Crippen LogP) is 2.45. The van der Waals surface area contributed by atoms with E-state index < -0.39 is 11.4 Å². The largest absolute Gasteiger partial charge is 0.381 e. The molecule has 0 radical (unpaired) electrons. The lowest BCUT2D eigenvalue weighted by Gasteiger charge is -2.29. The molecule has 1 aromatic carbocycles. The Morgan fingerprint density at radius 2 is 1.93 bits per heavy atom. The summed E-state index contributed by atoms with van der Waals surface area (Å²) in [6, 6.07) is 8.16. The number of ether oxygens (including phenoxy) is 1. The molecule has 3 heterocycles. The summed E-state index contributed by atoms with van der Waals surface area (Å²) in [6.45, 7) is 5.29. The van der Waals surface area contributed by atoms with Gasteiger partial charge >= 0.3 is 11.4 Å². The number of aromatic nitrogens is 3. The Kier molecular flexibility index (Phi) is 5.99. The first kappa shape index (κ1) is 19.7. The molecule has 0 spiro atoms. The summed E-state index contributed by atoms with van der Waals surface area (Å²) in [5.74, 6) is 0.208. The summed E-state index contributed by atoms with van der Waals surface area (Å²) in [6.07, 6.45) is 5.06. The average Bonchev–Trinajstić information content (AvgIpc) is 2.75. The van der Waals surface area contributed by atoms with Crippen LogP contribution in [0.1, 0.15) is 56.7 Å². The quantitative estimate of drug-likeness (QED) is 0.802. The number of rotatable bonds is 5. The van der Waals surface area contributed by atoms with Gasteiger partial charge in [-0.15, -0.1) is 0 Å². The van der Waals surface area contributed by atoms with Crippen molar-refractivity contribution in [3.05, 3.63) is 50.8 Å². The molecule has 2 saturated heterocycles. The lowest BCUT2D eigenvalue weighted by Crippen LogP contribution is -2.42. The van der Waals surface area contributed by atoms with Crippen LogP contribution in [0.3, 0.4) is 0 Å². The predicted molar refractivity (Wildman–Crippen MR) is 113 cm³/mol. The Morgan fingerprint density at radius 1 is 1.17 bits per heavy atom. The fourth-order valence-electron chi connectivity index (χ4n) is 4.19. The second kappa shape index (κ2) is 8.82. The van der Waals surface area contributed by atoms with Gasteiger partial charge in [0.1, 0.15) is 0 Å². The zero-order valence-electron chi connectivity index (χ0n) is 16.9. The van der Waals surface area contributed by atoms with E-state index in [-0.39, 0.29) is 18.0 Å². The van der Waals surface area contributed by atoms with Gasteiger partial charge in [-0.05, 0) is 56.7 Å². The Bertz CT molecular complexity index is 911. The maximum absolute atomic E-state index is 12.5. The zero-order valence-corrected chi connectivity index (χ0v) is 16.9. The number of piperidine rings is 1. The van der Waals surface area contributed by atoms with Crippen LogP contribution < -0.4 is 21.6 Å². The van der Waals surface area contributed by atoms with Crippen LogP contribution in [0.15, 0.2) is 33.9 Å². The molecule has 1 aromatic heterocycles. The van der Waals surface area contributed by atoms with E-state index in [1.54, 1.807) is 0 Å². The highest BCUT2D eigenvalue weighted by atomic mass is 16.5. The number of benzene rings is 1. The molecule has 8 heteroatoms. The van der Waals surface area contributed by atoms with E-state index in [9.17, 15) is 9.59 Å². The lowest BCUT2D eigenvalue weighted by molar-refractivity contribution is 0.0670. The molecule has 4 rings (SSSR count). The van der Waals surface area contributed by atoms with Gasteiger partial charge in [0.25, 0.3) is 0 Å². The van der Waals surface area contributed by atoms with Gasteiger partial charge in [0.05, 0.1) is 6.04 Å². The third-order valence-electron chi connectivity index (χ3n) is 5.86. The first-order valence-electron chi connectivity index (χ1n) is 10.5. The van der Waals surface area contributed by atoms with Gasteiger partial charge in [0.2, 0.25) is 5.95 Å². The molecule has 0 unspecified atom stereocenters. The van der Waals surface area contributed by atoms with E-state index in [1.165, 1.54) is 29.5 Å². The summed E-state index contributed by atoms with van der Waals surface area (Å²) in [5.41, 5.74) is 1.36.